The highest BCUT2D eigenvalue weighted by molar-refractivity contribution is 7.80. The zero-order chi connectivity index (χ0) is 50.0. The molecule has 1 N–H and O–H groups in total. The molecule has 6 heteroatoms. The summed E-state index contributed by atoms with van der Waals surface area (Å²) < 4.78 is 34.8. The molecule has 0 aliphatic heterocycles. The van der Waals surface area contributed by atoms with Crippen LogP contribution in [0.1, 0.15) is 369 Å². The Morgan fingerprint density at radius 2 is 0.412 bits per heavy atom. The van der Waals surface area contributed by atoms with Crippen LogP contribution in [0, 0.1) is 0 Å². The van der Waals surface area contributed by atoms with Crippen LogP contribution in [0.4, 0.5) is 0 Å². The monoisotopic (exact) mass is 985 g/mol. The van der Waals surface area contributed by atoms with E-state index in [9.17, 15) is 8.42 Å². The lowest BCUT2D eigenvalue weighted by Gasteiger charge is -2.39. The summed E-state index contributed by atoms with van der Waals surface area (Å²) in [4.78, 5) is 0. The van der Waals surface area contributed by atoms with E-state index in [2.05, 4.69) is 38.8 Å². The first kappa shape index (κ1) is 69.9. The van der Waals surface area contributed by atoms with Gasteiger partial charge < -0.3 is 4.48 Å². The number of unbranched alkanes of at least 4 members (excludes halogenated alkanes) is 47. The average Bonchev–Trinajstić information content (AvgIpc) is 3.33. The Balaban J connectivity index is 0. The Bertz CT molecular complexity index is 959. The van der Waals surface area contributed by atoms with Crippen LogP contribution < -0.4 is 0 Å². The van der Waals surface area contributed by atoms with Gasteiger partial charge in [-0.05, 0) is 44.9 Å². The van der Waals surface area contributed by atoms with Crippen molar-refractivity contribution in [2.75, 3.05) is 32.8 Å². The van der Waals surface area contributed by atoms with Crippen LogP contribution in [0.3, 0.4) is 0 Å². The predicted molar refractivity (Wildman–Crippen MR) is 306 cm³/mol. The summed E-state index contributed by atoms with van der Waals surface area (Å²) in [6.07, 6.45) is 73.3. The second-order valence-corrected chi connectivity index (χ2v) is 23.2. The van der Waals surface area contributed by atoms with Crippen molar-refractivity contribution in [3.05, 3.63) is 0 Å². The second-order valence-electron chi connectivity index (χ2n) is 22.1. The van der Waals surface area contributed by atoms with Crippen molar-refractivity contribution < 1.29 is 21.6 Å². The lowest BCUT2D eigenvalue weighted by Crippen LogP contribution is -2.50. The number of nitrogens with zero attached hydrogens (tertiary/aromatic N) is 1. The van der Waals surface area contributed by atoms with Gasteiger partial charge in [0.25, 0.3) is 0 Å². The Hall–Kier alpha value is -0.170. The van der Waals surface area contributed by atoms with E-state index in [4.69, 9.17) is 4.55 Å². The van der Waals surface area contributed by atoms with Crippen LogP contribution in [-0.4, -0.2) is 50.2 Å². The molecule has 0 spiro atoms. The van der Waals surface area contributed by atoms with Gasteiger partial charge in [-0.1, -0.05) is 324 Å². The smallest absolute Gasteiger partial charge is 0.324 e. The highest BCUT2D eigenvalue weighted by atomic mass is 32.3. The molecule has 0 atom stereocenters. The quantitative estimate of drug-likeness (QED) is 0.0375. The van der Waals surface area contributed by atoms with Gasteiger partial charge in [-0.3, -0.25) is 4.55 Å². The molecule has 0 amide bonds. The molecular formula is C62H130NO4S+. The van der Waals surface area contributed by atoms with Gasteiger partial charge in [-0.15, -0.1) is 0 Å². The van der Waals surface area contributed by atoms with Crippen LogP contribution >= 0.6 is 0 Å². The SMILES string of the molecule is CCCCCCCCCCCCCCCCCCOS(=O)(=O)O.CCCCCCCCCCCCCCCCCC[N+](CCCC)(CCCC)CCCCCCCCCCCCCCCCCC. The van der Waals surface area contributed by atoms with Crippen molar-refractivity contribution in [3.8, 4) is 0 Å². The molecule has 0 aromatic carbocycles. The third kappa shape index (κ3) is 60.1. The van der Waals surface area contributed by atoms with E-state index in [0.29, 0.717) is 6.42 Å². The lowest BCUT2D eigenvalue weighted by atomic mass is 10.0. The van der Waals surface area contributed by atoms with Crippen LogP contribution in [0.2, 0.25) is 0 Å². The van der Waals surface area contributed by atoms with E-state index in [-0.39, 0.29) is 6.61 Å². The Morgan fingerprint density at radius 1 is 0.250 bits per heavy atom. The maximum absolute atomic E-state index is 10.3. The summed E-state index contributed by atoms with van der Waals surface area (Å²) in [5.41, 5.74) is 0. The highest BCUT2D eigenvalue weighted by Gasteiger charge is 2.25. The average molecular weight is 986 g/mol. The molecule has 0 rings (SSSR count). The molecule has 0 aromatic rings. The van der Waals surface area contributed by atoms with Gasteiger partial charge in [0.05, 0.1) is 32.8 Å². The van der Waals surface area contributed by atoms with E-state index in [1.54, 1.807) is 0 Å². The van der Waals surface area contributed by atoms with Gasteiger partial charge in [0.15, 0.2) is 0 Å². The molecule has 0 radical (unpaired) electrons. The molecule has 0 aliphatic rings. The molecule has 0 aromatic heterocycles. The molecule has 5 nitrogen and oxygen atoms in total. The molecular weight excluding hydrogens is 855 g/mol. The third-order valence-electron chi connectivity index (χ3n) is 15.2. The minimum atomic E-state index is -4.24. The van der Waals surface area contributed by atoms with Crippen LogP contribution in [0.25, 0.3) is 0 Å². The number of rotatable bonds is 58. The summed E-state index contributed by atoms with van der Waals surface area (Å²) >= 11 is 0. The van der Waals surface area contributed by atoms with Crippen molar-refractivity contribution >= 4 is 10.4 Å². The van der Waals surface area contributed by atoms with Crippen LogP contribution in [0.5, 0.6) is 0 Å². The van der Waals surface area contributed by atoms with E-state index < -0.39 is 10.4 Å². The fourth-order valence-electron chi connectivity index (χ4n) is 10.5. The number of quaternary nitrogens is 1. The molecule has 68 heavy (non-hydrogen) atoms. The minimum absolute atomic E-state index is 0.0945. The van der Waals surface area contributed by atoms with E-state index in [1.807, 2.05) is 0 Å². The first-order chi connectivity index (χ1) is 33.3. The molecule has 0 saturated heterocycles. The van der Waals surface area contributed by atoms with E-state index in [0.717, 1.165) is 12.8 Å². The van der Waals surface area contributed by atoms with Gasteiger partial charge in [0.2, 0.25) is 0 Å². The Kier molecular flexibility index (Phi) is 61.1. The van der Waals surface area contributed by atoms with Gasteiger partial charge in [-0.2, -0.15) is 8.42 Å². The van der Waals surface area contributed by atoms with Crippen molar-refractivity contribution in [1.29, 1.82) is 0 Å². The second kappa shape index (κ2) is 59.4. The summed E-state index contributed by atoms with van der Waals surface area (Å²) in [5.74, 6) is 0. The van der Waals surface area contributed by atoms with E-state index >= 15 is 0 Å². The maximum atomic E-state index is 10.3. The molecule has 0 bridgehead atoms. The molecule has 0 heterocycles. The first-order valence-electron chi connectivity index (χ1n) is 31.8. The zero-order valence-electron chi connectivity index (χ0n) is 47.8. The summed E-state index contributed by atoms with van der Waals surface area (Å²) in [7, 11) is -4.24. The highest BCUT2D eigenvalue weighted by Crippen LogP contribution is 2.21. The summed E-state index contributed by atoms with van der Waals surface area (Å²) in [5, 5.41) is 0. The third-order valence-corrected chi connectivity index (χ3v) is 15.6. The summed E-state index contributed by atoms with van der Waals surface area (Å²) in [6, 6.07) is 0. The van der Waals surface area contributed by atoms with Crippen molar-refractivity contribution in [3.63, 3.8) is 0 Å². The maximum Gasteiger partial charge on any atom is 0.397 e. The molecule has 0 aliphatic carbocycles. The van der Waals surface area contributed by atoms with Crippen molar-refractivity contribution in [1.82, 2.24) is 0 Å². The number of hydrogen-bond donors (Lipinski definition) is 1. The standard InChI is InChI=1S/C44H92N.C18H38O4S/c1-5-9-13-15-17-19-21-23-25-27-29-31-33-35-37-39-43-45(41-11-7-3,42-12-8-4)44-40-38-36-34-32-30-28-26-24-22-20-18-16-14-10-6-2;1-2-3-4-5-6-7-8-9-10-11-12-13-14-15-16-17-18-22-23(19,20)21/h5-44H2,1-4H3;2-18H2,1H3,(H,19,20,21)/q+1;. The Morgan fingerprint density at radius 3 is 0.603 bits per heavy atom. The molecule has 412 valence electrons. The molecule has 0 unspecified atom stereocenters. The topological polar surface area (TPSA) is 63.6 Å². The van der Waals surface area contributed by atoms with Gasteiger partial charge in [-0.25, -0.2) is 4.18 Å². The van der Waals surface area contributed by atoms with Crippen molar-refractivity contribution in [2.24, 2.45) is 0 Å². The zero-order valence-corrected chi connectivity index (χ0v) is 48.6. The lowest BCUT2D eigenvalue weighted by molar-refractivity contribution is -0.929. The minimum Gasteiger partial charge on any atom is -0.324 e. The first-order valence-corrected chi connectivity index (χ1v) is 33.1. The number of hydrogen-bond acceptors (Lipinski definition) is 3. The van der Waals surface area contributed by atoms with Gasteiger partial charge >= 0.3 is 10.4 Å². The Labute approximate surface area is 431 Å². The largest absolute Gasteiger partial charge is 0.397 e. The summed E-state index contributed by atoms with van der Waals surface area (Å²) in [6.45, 7) is 17.6. The predicted octanol–water partition coefficient (Wildman–Crippen LogP) is 22.0. The van der Waals surface area contributed by atoms with Gasteiger partial charge in [0.1, 0.15) is 0 Å². The normalized spacial score (nSPS) is 12.0. The van der Waals surface area contributed by atoms with Crippen LogP contribution in [-0.2, 0) is 14.6 Å². The van der Waals surface area contributed by atoms with E-state index in [1.165, 1.54) is 345 Å². The fraction of sp³-hybridized carbons (Fsp3) is 1.00. The van der Waals surface area contributed by atoms with Gasteiger partial charge in [0, 0.05) is 0 Å². The fourth-order valence-corrected chi connectivity index (χ4v) is 10.8. The van der Waals surface area contributed by atoms with Crippen LogP contribution in [0.15, 0.2) is 0 Å². The molecule has 0 fully saturated rings. The van der Waals surface area contributed by atoms with Crippen molar-refractivity contribution in [2.45, 2.75) is 369 Å². The molecule has 0 saturated carbocycles.